The molecular formula is C10H16N2. The summed E-state index contributed by atoms with van der Waals surface area (Å²) in [4.78, 5) is 0. The van der Waals surface area contributed by atoms with Gasteiger partial charge in [-0.15, -0.1) is 0 Å². The van der Waals surface area contributed by atoms with Crippen LogP contribution < -0.4 is 10.6 Å². The third-order valence-corrected chi connectivity index (χ3v) is 2.63. The molecule has 1 heterocycles. The van der Waals surface area contributed by atoms with Gasteiger partial charge in [0.05, 0.1) is 0 Å². The number of hydrogen-bond acceptors (Lipinski definition) is 2. The molecule has 0 aromatic carbocycles. The number of hydrogen-bond donors (Lipinski definition) is 2. The lowest BCUT2D eigenvalue weighted by atomic mass is 9.96. The van der Waals surface area contributed by atoms with Crippen molar-refractivity contribution in [1.82, 2.24) is 10.6 Å². The molecule has 1 fully saturated rings. The molecule has 66 valence electrons. The van der Waals surface area contributed by atoms with E-state index in [1.165, 1.54) is 24.1 Å². The van der Waals surface area contributed by atoms with Crippen molar-refractivity contribution in [3.05, 3.63) is 22.9 Å². The molecule has 0 radical (unpaired) electrons. The van der Waals surface area contributed by atoms with Gasteiger partial charge in [0, 0.05) is 25.3 Å². The fourth-order valence-corrected chi connectivity index (χ4v) is 1.86. The predicted octanol–water partition coefficient (Wildman–Crippen LogP) is 1.17. The Hall–Kier alpha value is -0.760. The molecule has 12 heavy (non-hydrogen) atoms. The topological polar surface area (TPSA) is 24.1 Å². The molecule has 0 aromatic rings. The van der Waals surface area contributed by atoms with Crippen LogP contribution in [-0.2, 0) is 0 Å². The maximum Gasteiger partial charge on any atom is 0.0345 e. The highest BCUT2D eigenvalue weighted by atomic mass is 15.0. The Bertz CT molecular complexity index is 238. The third-order valence-electron chi connectivity index (χ3n) is 2.63. The van der Waals surface area contributed by atoms with Crippen molar-refractivity contribution in [1.29, 1.82) is 0 Å². The summed E-state index contributed by atoms with van der Waals surface area (Å²) in [6.45, 7) is 5.43. The summed E-state index contributed by atoms with van der Waals surface area (Å²) < 4.78 is 0. The van der Waals surface area contributed by atoms with Crippen molar-refractivity contribution in [2.24, 2.45) is 0 Å². The second-order valence-corrected chi connectivity index (χ2v) is 3.52. The average molecular weight is 164 g/mol. The van der Waals surface area contributed by atoms with E-state index in [0.29, 0.717) is 0 Å². The van der Waals surface area contributed by atoms with E-state index in [0.717, 1.165) is 19.6 Å². The highest BCUT2D eigenvalue weighted by Crippen LogP contribution is 2.23. The fourth-order valence-electron chi connectivity index (χ4n) is 1.86. The lowest BCUT2D eigenvalue weighted by Gasteiger charge is -2.18. The highest BCUT2D eigenvalue weighted by Gasteiger charge is 2.14. The van der Waals surface area contributed by atoms with Crippen LogP contribution in [0.3, 0.4) is 0 Å². The lowest BCUT2D eigenvalue weighted by molar-refractivity contribution is 0.733. The first-order valence-corrected chi connectivity index (χ1v) is 4.71. The van der Waals surface area contributed by atoms with Crippen LogP contribution in [0.15, 0.2) is 22.9 Å². The molecule has 2 N–H and O–H groups in total. The maximum absolute atomic E-state index is 3.45. The molecule has 0 saturated carbocycles. The molecule has 2 aliphatic rings. The molecule has 2 heteroatoms. The van der Waals surface area contributed by atoms with Gasteiger partial charge in [-0.1, -0.05) is 11.6 Å². The molecule has 0 unspecified atom stereocenters. The molecule has 0 atom stereocenters. The zero-order chi connectivity index (χ0) is 8.39. The first kappa shape index (κ1) is 7.87. The van der Waals surface area contributed by atoms with Crippen molar-refractivity contribution < 1.29 is 0 Å². The van der Waals surface area contributed by atoms with Gasteiger partial charge in [-0.3, -0.25) is 0 Å². The minimum absolute atomic E-state index is 1.05. The van der Waals surface area contributed by atoms with Gasteiger partial charge in [0.15, 0.2) is 0 Å². The molecule has 2 nitrogen and oxygen atoms in total. The Labute approximate surface area is 73.7 Å². The van der Waals surface area contributed by atoms with E-state index in [2.05, 4.69) is 23.6 Å². The molecule has 0 aromatic heterocycles. The zero-order valence-electron chi connectivity index (χ0n) is 7.61. The monoisotopic (exact) mass is 164 g/mol. The molecular weight excluding hydrogens is 148 g/mol. The SMILES string of the molecule is CC1=C2CNCCNC2=CCC1. The molecule has 0 bridgehead atoms. The summed E-state index contributed by atoms with van der Waals surface area (Å²) >= 11 is 0. The van der Waals surface area contributed by atoms with Crippen molar-refractivity contribution in [2.75, 3.05) is 19.6 Å². The van der Waals surface area contributed by atoms with E-state index < -0.39 is 0 Å². The summed E-state index contributed by atoms with van der Waals surface area (Å²) in [5.74, 6) is 0. The van der Waals surface area contributed by atoms with Crippen LogP contribution in [0.25, 0.3) is 0 Å². The second kappa shape index (κ2) is 3.31. The summed E-state index contributed by atoms with van der Waals surface area (Å²) in [5.41, 5.74) is 4.43. The van der Waals surface area contributed by atoms with Crippen LogP contribution in [0.4, 0.5) is 0 Å². The summed E-state index contributed by atoms with van der Waals surface area (Å²) in [7, 11) is 0. The lowest BCUT2D eigenvalue weighted by Crippen LogP contribution is -2.20. The fraction of sp³-hybridized carbons (Fsp3) is 0.600. The summed E-state index contributed by atoms with van der Waals surface area (Å²) in [6, 6.07) is 0. The van der Waals surface area contributed by atoms with Crippen molar-refractivity contribution in [3.63, 3.8) is 0 Å². The van der Waals surface area contributed by atoms with E-state index in [1.54, 1.807) is 5.57 Å². The zero-order valence-corrected chi connectivity index (χ0v) is 7.61. The first-order valence-electron chi connectivity index (χ1n) is 4.71. The number of nitrogens with one attached hydrogen (secondary N) is 2. The number of rotatable bonds is 0. The number of allylic oxidation sites excluding steroid dienone is 2. The predicted molar refractivity (Wildman–Crippen MR) is 50.9 cm³/mol. The van der Waals surface area contributed by atoms with E-state index in [1.807, 2.05) is 0 Å². The van der Waals surface area contributed by atoms with Gasteiger partial charge in [0.2, 0.25) is 0 Å². The van der Waals surface area contributed by atoms with Crippen LogP contribution >= 0.6 is 0 Å². The molecule has 1 aliphatic heterocycles. The maximum atomic E-state index is 3.45. The Morgan fingerprint density at radius 3 is 3.17 bits per heavy atom. The highest BCUT2D eigenvalue weighted by molar-refractivity contribution is 5.38. The average Bonchev–Trinajstić information content (AvgIpc) is 2.30. The van der Waals surface area contributed by atoms with Gasteiger partial charge in [0.1, 0.15) is 0 Å². The second-order valence-electron chi connectivity index (χ2n) is 3.52. The molecule has 1 aliphatic carbocycles. The van der Waals surface area contributed by atoms with Crippen LogP contribution in [0, 0.1) is 0 Å². The Balaban J connectivity index is 2.26. The summed E-state index contributed by atoms with van der Waals surface area (Å²) in [6.07, 6.45) is 4.77. The van der Waals surface area contributed by atoms with E-state index >= 15 is 0 Å². The van der Waals surface area contributed by atoms with Crippen molar-refractivity contribution in [3.8, 4) is 0 Å². The Morgan fingerprint density at radius 2 is 2.25 bits per heavy atom. The van der Waals surface area contributed by atoms with E-state index in [-0.39, 0.29) is 0 Å². The van der Waals surface area contributed by atoms with Crippen LogP contribution in [-0.4, -0.2) is 19.6 Å². The Morgan fingerprint density at radius 1 is 1.33 bits per heavy atom. The summed E-state index contributed by atoms with van der Waals surface area (Å²) in [5, 5.41) is 6.87. The standard InChI is InChI=1S/C10H16N2/c1-8-3-2-4-10-9(8)7-11-5-6-12-10/h4,11-12H,2-3,5-7H2,1H3. The van der Waals surface area contributed by atoms with Crippen molar-refractivity contribution >= 4 is 0 Å². The quantitative estimate of drug-likeness (QED) is 0.561. The van der Waals surface area contributed by atoms with Gasteiger partial charge in [-0.05, 0) is 25.3 Å². The largest absolute Gasteiger partial charge is 0.384 e. The van der Waals surface area contributed by atoms with E-state index in [4.69, 9.17) is 0 Å². The Kier molecular flexibility index (Phi) is 2.17. The van der Waals surface area contributed by atoms with E-state index in [9.17, 15) is 0 Å². The minimum Gasteiger partial charge on any atom is -0.384 e. The number of fused-ring (bicyclic) bond motifs is 1. The van der Waals surface area contributed by atoms with Crippen LogP contribution in [0.1, 0.15) is 19.8 Å². The van der Waals surface area contributed by atoms with Crippen LogP contribution in [0.5, 0.6) is 0 Å². The normalized spacial score (nSPS) is 23.9. The minimum atomic E-state index is 1.05. The first-order chi connectivity index (χ1) is 5.88. The molecule has 0 amide bonds. The molecule has 2 rings (SSSR count). The smallest absolute Gasteiger partial charge is 0.0345 e. The third kappa shape index (κ3) is 1.39. The molecule has 0 spiro atoms. The van der Waals surface area contributed by atoms with Crippen molar-refractivity contribution in [2.45, 2.75) is 19.8 Å². The van der Waals surface area contributed by atoms with Gasteiger partial charge in [-0.2, -0.15) is 0 Å². The van der Waals surface area contributed by atoms with Gasteiger partial charge in [0.25, 0.3) is 0 Å². The van der Waals surface area contributed by atoms with Crippen LogP contribution in [0.2, 0.25) is 0 Å². The van der Waals surface area contributed by atoms with Gasteiger partial charge >= 0.3 is 0 Å². The van der Waals surface area contributed by atoms with Gasteiger partial charge < -0.3 is 10.6 Å². The van der Waals surface area contributed by atoms with Gasteiger partial charge in [-0.25, -0.2) is 0 Å². The molecule has 1 saturated heterocycles.